The smallest absolute Gasteiger partial charge is 0.317 e. The fourth-order valence-electron chi connectivity index (χ4n) is 1.57. The van der Waals surface area contributed by atoms with Crippen LogP contribution < -0.4 is 10.2 Å². The minimum atomic E-state index is 0.110. The molecule has 1 heterocycles. The molecule has 92 valence electrons. The summed E-state index contributed by atoms with van der Waals surface area (Å²) in [4.78, 5) is 1.99. The summed E-state index contributed by atoms with van der Waals surface area (Å²) < 4.78 is 5.60. The van der Waals surface area contributed by atoms with Gasteiger partial charge in [0.05, 0.1) is 6.04 Å². The highest BCUT2D eigenvalue weighted by Crippen LogP contribution is 2.16. The normalized spacial score (nSPS) is 13.1. The molecule has 1 aromatic heterocycles. The molecule has 0 saturated carbocycles. The highest BCUT2D eigenvalue weighted by atomic mass is 16.4. The summed E-state index contributed by atoms with van der Waals surface area (Å²) >= 11 is 0. The van der Waals surface area contributed by atoms with Gasteiger partial charge < -0.3 is 14.6 Å². The summed E-state index contributed by atoms with van der Waals surface area (Å²) in [6.07, 6.45) is 0. The van der Waals surface area contributed by atoms with Crippen LogP contribution in [0, 0.1) is 5.92 Å². The van der Waals surface area contributed by atoms with E-state index < -0.39 is 0 Å². The third kappa shape index (κ3) is 3.48. The van der Waals surface area contributed by atoms with E-state index in [1.165, 1.54) is 0 Å². The number of rotatable bonds is 6. The lowest BCUT2D eigenvalue weighted by Gasteiger charge is -2.16. The minimum Gasteiger partial charge on any atom is -0.406 e. The van der Waals surface area contributed by atoms with Crippen LogP contribution in [0.2, 0.25) is 0 Å². The van der Waals surface area contributed by atoms with E-state index >= 15 is 0 Å². The summed E-state index contributed by atoms with van der Waals surface area (Å²) in [6.45, 7) is 10.2. The Balaban J connectivity index is 2.63. The molecule has 0 aliphatic rings. The maximum atomic E-state index is 5.60. The van der Waals surface area contributed by atoms with Gasteiger partial charge in [-0.15, -0.1) is 5.10 Å². The second-order valence-corrected chi connectivity index (χ2v) is 4.48. The molecule has 16 heavy (non-hydrogen) atoms. The maximum Gasteiger partial charge on any atom is 0.317 e. The van der Waals surface area contributed by atoms with Crippen LogP contribution in [0.1, 0.15) is 39.6 Å². The lowest BCUT2D eigenvalue weighted by molar-refractivity contribution is 0.418. The molecule has 0 spiro atoms. The lowest BCUT2D eigenvalue weighted by atomic mass is 10.2. The molecule has 1 aromatic rings. The molecular weight excluding hydrogens is 204 g/mol. The first-order chi connectivity index (χ1) is 7.54. The molecule has 5 nitrogen and oxygen atoms in total. The first-order valence-electron chi connectivity index (χ1n) is 5.82. The fraction of sp³-hybridized carbons (Fsp3) is 0.818. The first kappa shape index (κ1) is 13.0. The van der Waals surface area contributed by atoms with E-state index in [0.29, 0.717) is 17.8 Å². The fourth-order valence-corrected chi connectivity index (χ4v) is 1.57. The molecule has 0 aliphatic carbocycles. The number of anilines is 1. The van der Waals surface area contributed by atoms with Crippen LogP contribution in [0.4, 0.5) is 6.01 Å². The van der Waals surface area contributed by atoms with Gasteiger partial charge in [0.15, 0.2) is 0 Å². The van der Waals surface area contributed by atoms with E-state index in [9.17, 15) is 0 Å². The molecule has 1 N–H and O–H groups in total. The molecule has 0 aromatic carbocycles. The minimum absolute atomic E-state index is 0.110. The standard InChI is InChI=1S/C11H22N4O/c1-6-12-9(4)10-13-14-11(16-10)15(5)7-8(2)3/h8-9,12H,6-7H2,1-5H3. The third-order valence-corrected chi connectivity index (χ3v) is 2.28. The molecule has 0 saturated heterocycles. The molecule has 0 fully saturated rings. The van der Waals surface area contributed by atoms with Crippen molar-refractivity contribution in [3.8, 4) is 0 Å². The van der Waals surface area contributed by atoms with Gasteiger partial charge in [-0.2, -0.15) is 0 Å². The van der Waals surface area contributed by atoms with Crippen molar-refractivity contribution in [2.75, 3.05) is 25.0 Å². The van der Waals surface area contributed by atoms with Crippen LogP contribution in [-0.2, 0) is 0 Å². The van der Waals surface area contributed by atoms with E-state index in [-0.39, 0.29) is 6.04 Å². The molecule has 0 amide bonds. The molecule has 1 rings (SSSR count). The monoisotopic (exact) mass is 226 g/mol. The van der Waals surface area contributed by atoms with E-state index in [1.54, 1.807) is 0 Å². The summed E-state index contributed by atoms with van der Waals surface area (Å²) in [6, 6.07) is 0.701. The first-order valence-corrected chi connectivity index (χ1v) is 5.82. The van der Waals surface area contributed by atoms with Gasteiger partial charge in [0, 0.05) is 13.6 Å². The predicted molar refractivity (Wildman–Crippen MR) is 64.5 cm³/mol. The Bertz CT molecular complexity index is 311. The van der Waals surface area contributed by atoms with Gasteiger partial charge in [0.25, 0.3) is 0 Å². The highest BCUT2D eigenvalue weighted by molar-refractivity contribution is 5.22. The molecular formula is C11H22N4O. The molecule has 0 bridgehead atoms. The molecule has 0 radical (unpaired) electrons. The third-order valence-electron chi connectivity index (χ3n) is 2.28. The average Bonchev–Trinajstić information content (AvgIpc) is 2.65. The number of aromatic nitrogens is 2. The van der Waals surface area contributed by atoms with E-state index in [4.69, 9.17) is 4.42 Å². The zero-order chi connectivity index (χ0) is 12.1. The van der Waals surface area contributed by atoms with Gasteiger partial charge in [0.1, 0.15) is 0 Å². The topological polar surface area (TPSA) is 54.2 Å². The Morgan fingerprint density at radius 3 is 2.56 bits per heavy atom. The molecule has 0 aliphatic heterocycles. The zero-order valence-corrected chi connectivity index (χ0v) is 10.8. The largest absolute Gasteiger partial charge is 0.406 e. The van der Waals surface area contributed by atoms with Crippen molar-refractivity contribution < 1.29 is 4.42 Å². The summed E-state index contributed by atoms with van der Waals surface area (Å²) in [5, 5.41) is 11.3. The van der Waals surface area contributed by atoms with Crippen LogP contribution in [-0.4, -0.2) is 30.3 Å². The van der Waals surface area contributed by atoms with Gasteiger partial charge in [0.2, 0.25) is 5.89 Å². The number of nitrogens with zero attached hydrogens (tertiary/aromatic N) is 3. The van der Waals surface area contributed by atoms with Crippen LogP contribution >= 0.6 is 0 Å². The van der Waals surface area contributed by atoms with Crippen LogP contribution in [0.3, 0.4) is 0 Å². The number of hydrogen-bond donors (Lipinski definition) is 1. The van der Waals surface area contributed by atoms with Crippen molar-refractivity contribution >= 4 is 6.01 Å². The average molecular weight is 226 g/mol. The lowest BCUT2D eigenvalue weighted by Crippen LogP contribution is -2.22. The Morgan fingerprint density at radius 1 is 1.31 bits per heavy atom. The van der Waals surface area contributed by atoms with Gasteiger partial charge >= 0.3 is 6.01 Å². The van der Waals surface area contributed by atoms with Crippen LogP contribution in [0.5, 0.6) is 0 Å². The van der Waals surface area contributed by atoms with Crippen molar-refractivity contribution in [1.82, 2.24) is 15.5 Å². The van der Waals surface area contributed by atoms with E-state index in [2.05, 4.69) is 36.3 Å². The van der Waals surface area contributed by atoms with Crippen molar-refractivity contribution in [3.63, 3.8) is 0 Å². The molecule has 1 atom stereocenters. The Kier molecular flexibility index (Phi) is 4.73. The zero-order valence-electron chi connectivity index (χ0n) is 10.8. The van der Waals surface area contributed by atoms with Gasteiger partial charge in [-0.05, 0) is 19.4 Å². The Hall–Kier alpha value is -1.10. The second-order valence-electron chi connectivity index (χ2n) is 4.48. The number of nitrogens with one attached hydrogen (secondary N) is 1. The second kappa shape index (κ2) is 5.84. The van der Waals surface area contributed by atoms with E-state index in [1.807, 2.05) is 18.9 Å². The summed E-state index contributed by atoms with van der Waals surface area (Å²) in [5.74, 6) is 1.22. The van der Waals surface area contributed by atoms with Crippen molar-refractivity contribution in [3.05, 3.63) is 5.89 Å². The Labute approximate surface area is 97.2 Å². The number of hydrogen-bond acceptors (Lipinski definition) is 5. The van der Waals surface area contributed by atoms with Crippen molar-refractivity contribution in [2.24, 2.45) is 5.92 Å². The van der Waals surface area contributed by atoms with Crippen LogP contribution in [0.15, 0.2) is 4.42 Å². The quantitative estimate of drug-likeness (QED) is 0.802. The van der Waals surface area contributed by atoms with E-state index in [0.717, 1.165) is 13.1 Å². The SMILES string of the molecule is CCNC(C)c1nnc(N(C)CC(C)C)o1. The summed E-state index contributed by atoms with van der Waals surface area (Å²) in [5.41, 5.74) is 0. The van der Waals surface area contributed by atoms with Gasteiger partial charge in [-0.3, -0.25) is 0 Å². The Morgan fingerprint density at radius 2 is 2.00 bits per heavy atom. The molecule has 1 unspecified atom stereocenters. The van der Waals surface area contributed by atoms with Gasteiger partial charge in [-0.1, -0.05) is 25.9 Å². The predicted octanol–water partition coefficient (Wildman–Crippen LogP) is 1.83. The highest BCUT2D eigenvalue weighted by Gasteiger charge is 2.15. The van der Waals surface area contributed by atoms with Gasteiger partial charge in [-0.25, -0.2) is 0 Å². The van der Waals surface area contributed by atoms with Crippen molar-refractivity contribution in [1.29, 1.82) is 0 Å². The maximum absolute atomic E-state index is 5.60. The molecule has 5 heteroatoms. The summed E-state index contributed by atoms with van der Waals surface area (Å²) in [7, 11) is 1.97. The van der Waals surface area contributed by atoms with Crippen molar-refractivity contribution in [2.45, 2.75) is 33.7 Å². The van der Waals surface area contributed by atoms with Crippen LogP contribution in [0.25, 0.3) is 0 Å².